The van der Waals surface area contributed by atoms with E-state index in [2.05, 4.69) is 10.3 Å². The summed E-state index contributed by atoms with van der Waals surface area (Å²) in [5.74, 6) is -3.40. The van der Waals surface area contributed by atoms with Gasteiger partial charge in [0.1, 0.15) is 0 Å². The molecular weight excluding hydrogens is 316 g/mol. The van der Waals surface area contributed by atoms with Crippen molar-refractivity contribution in [1.82, 2.24) is 4.98 Å². The third-order valence-corrected chi connectivity index (χ3v) is 5.18. The highest BCUT2D eigenvalue weighted by atomic mass is 32.1. The van der Waals surface area contributed by atoms with Crippen LogP contribution in [-0.2, 0) is 14.3 Å². The minimum Gasteiger partial charge on any atom is -0.550 e. The van der Waals surface area contributed by atoms with E-state index in [0.717, 1.165) is 15.8 Å². The lowest BCUT2D eigenvalue weighted by Gasteiger charge is -2.24. The number of thiazole rings is 1. The Bertz CT molecular complexity index is 844. The van der Waals surface area contributed by atoms with E-state index in [4.69, 9.17) is 4.74 Å². The van der Waals surface area contributed by atoms with Gasteiger partial charge in [0.15, 0.2) is 5.13 Å². The number of hydrogen-bond donors (Lipinski definition) is 1. The van der Waals surface area contributed by atoms with Crippen LogP contribution in [0.15, 0.2) is 30.4 Å². The van der Waals surface area contributed by atoms with E-state index in [1.165, 1.54) is 11.3 Å². The number of aliphatic carboxylic acids is 1. The summed E-state index contributed by atoms with van der Waals surface area (Å²) < 4.78 is 6.46. The first-order valence-corrected chi connectivity index (χ1v) is 8.07. The van der Waals surface area contributed by atoms with E-state index >= 15 is 0 Å². The van der Waals surface area contributed by atoms with Crippen molar-refractivity contribution in [2.75, 3.05) is 5.32 Å². The summed E-state index contributed by atoms with van der Waals surface area (Å²) >= 11 is 1.36. The largest absolute Gasteiger partial charge is 0.550 e. The van der Waals surface area contributed by atoms with Crippen molar-refractivity contribution in [2.24, 2.45) is 11.8 Å². The second-order valence-electron chi connectivity index (χ2n) is 5.80. The van der Waals surface area contributed by atoms with Gasteiger partial charge in [0.25, 0.3) is 0 Å². The Morgan fingerprint density at radius 1 is 1.26 bits per heavy atom. The van der Waals surface area contributed by atoms with Crippen LogP contribution >= 0.6 is 11.3 Å². The molecule has 2 aromatic rings. The van der Waals surface area contributed by atoms with E-state index in [1.807, 2.05) is 25.1 Å². The molecule has 0 radical (unpaired) electrons. The zero-order valence-electron chi connectivity index (χ0n) is 12.2. The van der Waals surface area contributed by atoms with E-state index < -0.39 is 35.9 Å². The number of nitrogens with one attached hydrogen (secondary N) is 1. The average Bonchev–Trinajstić information content (AvgIpc) is 3.18. The van der Waals surface area contributed by atoms with E-state index in [1.54, 1.807) is 12.2 Å². The van der Waals surface area contributed by atoms with Crippen LogP contribution in [0.25, 0.3) is 10.2 Å². The Morgan fingerprint density at radius 3 is 2.74 bits per heavy atom. The normalized spacial score (nSPS) is 28.4. The quantitative estimate of drug-likeness (QED) is 0.844. The summed E-state index contributed by atoms with van der Waals surface area (Å²) in [5.41, 5.74) is 1.92. The molecule has 0 aliphatic carbocycles. The molecule has 1 fully saturated rings. The molecule has 0 spiro atoms. The van der Waals surface area contributed by atoms with Crippen molar-refractivity contribution in [3.8, 4) is 0 Å². The predicted octanol–water partition coefficient (Wildman–Crippen LogP) is 0.863. The third-order valence-electron chi connectivity index (χ3n) is 4.25. The van der Waals surface area contributed by atoms with Gasteiger partial charge in [-0.05, 0) is 24.6 Å². The van der Waals surface area contributed by atoms with Crippen LogP contribution in [0.3, 0.4) is 0 Å². The fraction of sp³-hybridized carbons (Fsp3) is 0.312. The molecule has 0 saturated carbocycles. The molecular formula is C16H13N2O4S-. The Hall–Kier alpha value is -2.25. The molecule has 1 aromatic carbocycles. The minimum atomic E-state index is -1.26. The minimum absolute atomic E-state index is 0.396. The second kappa shape index (κ2) is 5.14. The lowest BCUT2D eigenvalue weighted by Crippen LogP contribution is -2.45. The van der Waals surface area contributed by atoms with Crippen LogP contribution < -0.4 is 10.4 Å². The van der Waals surface area contributed by atoms with Gasteiger partial charge in [-0.1, -0.05) is 29.6 Å². The summed E-state index contributed by atoms with van der Waals surface area (Å²) in [6.07, 6.45) is 2.31. The van der Waals surface area contributed by atoms with Gasteiger partial charge in [0.2, 0.25) is 5.91 Å². The van der Waals surface area contributed by atoms with E-state index in [9.17, 15) is 14.7 Å². The highest BCUT2D eigenvalue weighted by Crippen LogP contribution is 2.39. The number of carboxylic acid groups (broad SMARTS) is 1. The van der Waals surface area contributed by atoms with Crippen molar-refractivity contribution in [3.05, 3.63) is 35.9 Å². The average molecular weight is 329 g/mol. The Kier molecular flexibility index (Phi) is 3.21. The van der Waals surface area contributed by atoms with Crippen molar-refractivity contribution in [2.45, 2.75) is 19.1 Å². The number of nitrogens with zero attached hydrogens (tertiary/aromatic N) is 1. The number of aromatic nitrogens is 1. The SMILES string of the molecule is Cc1ccc2nc(NC(=O)[C@@H]3[C@@H](C(=O)[O-])[C@@H]4C=C[C@H]3O4)sc2c1. The number of anilines is 1. The number of carbonyl (C=O) groups is 2. The van der Waals surface area contributed by atoms with E-state index in [-0.39, 0.29) is 0 Å². The van der Waals surface area contributed by atoms with Crippen LogP contribution in [0, 0.1) is 18.8 Å². The van der Waals surface area contributed by atoms with Crippen LogP contribution in [0.1, 0.15) is 5.56 Å². The fourth-order valence-electron chi connectivity index (χ4n) is 3.18. The van der Waals surface area contributed by atoms with Gasteiger partial charge in [-0.3, -0.25) is 4.79 Å². The van der Waals surface area contributed by atoms with Gasteiger partial charge in [0, 0.05) is 11.9 Å². The maximum Gasteiger partial charge on any atom is 0.233 e. The van der Waals surface area contributed by atoms with Crippen LogP contribution in [0.4, 0.5) is 5.13 Å². The molecule has 4 rings (SSSR count). The summed E-state index contributed by atoms with van der Waals surface area (Å²) in [6, 6.07) is 5.84. The number of carboxylic acids is 1. The Morgan fingerprint density at radius 2 is 2.00 bits per heavy atom. The smallest absolute Gasteiger partial charge is 0.233 e. The van der Waals surface area contributed by atoms with Gasteiger partial charge in [0.05, 0.1) is 28.3 Å². The first-order chi connectivity index (χ1) is 11.0. The Balaban J connectivity index is 1.59. The molecule has 2 bridgehead atoms. The molecule has 1 aromatic heterocycles. The summed E-state index contributed by atoms with van der Waals surface area (Å²) in [5, 5.41) is 14.5. The maximum atomic E-state index is 12.5. The number of rotatable bonds is 3. The predicted molar refractivity (Wildman–Crippen MR) is 82.8 cm³/mol. The van der Waals surface area contributed by atoms with Gasteiger partial charge in [-0.2, -0.15) is 0 Å². The van der Waals surface area contributed by atoms with Crippen molar-refractivity contribution in [3.63, 3.8) is 0 Å². The third kappa shape index (κ3) is 2.32. The topological polar surface area (TPSA) is 91.4 Å². The molecule has 0 unspecified atom stereocenters. The van der Waals surface area contributed by atoms with Crippen molar-refractivity contribution in [1.29, 1.82) is 0 Å². The van der Waals surface area contributed by atoms with Crippen LogP contribution in [0.5, 0.6) is 0 Å². The first-order valence-electron chi connectivity index (χ1n) is 7.25. The molecule has 1 N–H and O–H groups in total. The first kappa shape index (κ1) is 14.3. The molecule has 118 valence electrons. The molecule has 23 heavy (non-hydrogen) atoms. The number of hydrogen-bond acceptors (Lipinski definition) is 6. The number of ether oxygens (including phenoxy) is 1. The molecule has 1 saturated heterocycles. The standard InChI is InChI=1S/C16H14N2O4S/c1-7-2-3-8-11(6-7)23-16(17-8)18-14(19)12-9-4-5-10(22-9)13(12)15(20)21/h2-6,9-10,12-13H,1H3,(H,20,21)(H,17,18,19)/p-1/t9-,10+,12+,13+/m1/s1. The van der Waals surface area contributed by atoms with Crippen molar-refractivity contribution >= 4 is 38.6 Å². The molecule has 6 nitrogen and oxygen atoms in total. The zero-order chi connectivity index (χ0) is 16.1. The maximum absolute atomic E-state index is 12.5. The fourth-order valence-corrected chi connectivity index (χ4v) is 4.14. The second-order valence-corrected chi connectivity index (χ2v) is 6.83. The number of aryl methyl sites for hydroxylation is 1. The summed E-state index contributed by atoms with van der Waals surface area (Å²) in [7, 11) is 0. The number of benzene rings is 1. The number of carbonyl (C=O) groups excluding carboxylic acids is 2. The molecule has 1 amide bonds. The lowest BCUT2D eigenvalue weighted by atomic mass is 9.82. The summed E-state index contributed by atoms with van der Waals surface area (Å²) in [6.45, 7) is 1.99. The van der Waals surface area contributed by atoms with Crippen molar-refractivity contribution < 1.29 is 19.4 Å². The highest BCUT2D eigenvalue weighted by Gasteiger charge is 2.50. The van der Waals surface area contributed by atoms with Gasteiger partial charge in [-0.15, -0.1) is 0 Å². The number of amides is 1. The van der Waals surface area contributed by atoms with Gasteiger partial charge in [-0.25, -0.2) is 4.98 Å². The molecule has 7 heteroatoms. The number of fused-ring (bicyclic) bond motifs is 3. The highest BCUT2D eigenvalue weighted by molar-refractivity contribution is 7.22. The lowest BCUT2D eigenvalue weighted by molar-refractivity contribution is -0.313. The van der Waals surface area contributed by atoms with E-state index in [0.29, 0.717) is 5.13 Å². The van der Waals surface area contributed by atoms with Gasteiger partial charge >= 0.3 is 0 Å². The molecule has 2 aliphatic heterocycles. The monoisotopic (exact) mass is 329 g/mol. The zero-order valence-corrected chi connectivity index (χ0v) is 13.0. The van der Waals surface area contributed by atoms with Crippen LogP contribution in [-0.4, -0.2) is 29.1 Å². The van der Waals surface area contributed by atoms with Crippen LogP contribution in [0.2, 0.25) is 0 Å². The molecule has 2 aliphatic rings. The molecule has 4 atom stereocenters. The summed E-state index contributed by atoms with van der Waals surface area (Å²) in [4.78, 5) is 28.2. The Labute approximate surface area is 135 Å². The van der Waals surface area contributed by atoms with Gasteiger partial charge < -0.3 is 20.0 Å². The molecule has 3 heterocycles.